The van der Waals surface area contributed by atoms with Crippen LogP contribution in [0.5, 0.6) is 0 Å². The molecule has 0 atom stereocenters. The van der Waals surface area contributed by atoms with E-state index in [0.29, 0.717) is 17.9 Å². The van der Waals surface area contributed by atoms with Crippen LogP contribution >= 0.6 is 0 Å². The minimum atomic E-state index is -0.363. The molecule has 2 rings (SSSR count). The van der Waals surface area contributed by atoms with Crippen LogP contribution in [0.3, 0.4) is 0 Å². The van der Waals surface area contributed by atoms with Crippen LogP contribution in [0.25, 0.3) is 11.6 Å². The summed E-state index contributed by atoms with van der Waals surface area (Å²) in [6.45, 7) is 2.13. The molecular weight excluding hydrogens is 276 g/mol. The number of hydrogen-bond acceptors (Lipinski definition) is 4. The average molecular weight is 296 g/mol. The fourth-order valence-corrected chi connectivity index (χ4v) is 2.00. The summed E-state index contributed by atoms with van der Waals surface area (Å²) >= 11 is 0. The van der Waals surface area contributed by atoms with Crippen molar-refractivity contribution in [3.63, 3.8) is 0 Å². The van der Waals surface area contributed by atoms with Gasteiger partial charge in [0.1, 0.15) is 0 Å². The molecule has 0 aliphatic rings. The Bertz CT molecular complexity index is 647. The van der Waals surface area contributed by atoms with Gasteiger partial charge in [-0.2, -0.15) is 0 Å². The molecule has 0 aliphatic heterocycles. The molecule has 0 amide bonds. The second-order valence-electron chi connectivity index (χ2n) is 4.98. The van der Waals surface area contributed by atoms with E-state index < -0.39 is 0 Å². The number of carbonyl (C=O) groups is 1. The molecule has 0 saturated heterocycles. The predicted molar refractivity (Wildman–Crippen MR) is 89.5 cm³/mol. The molecule has 0 unspecified atom stereocenters. The quantitative estimate of drug-likeness (QED) is 0.627. The summed E-state index contributed by atoms with van der Waals surface area (Å²) in [6, 6.07) is 13.4. The first-order valence-electron chi connectivity index (χ1n) is 7.19. The third-order valence-corrected chi connectivity index (χ3v) is 3.16. The Hall–Kier alpha value is -2.62. The van der Waals surface area contributed by atoms with E-state index in [-0.39, 0.29) is 5.97 Å². The molecule has 0 bridgehead atoms. The number of benzene rings is 1. The first kappa shape index (κ1) is 15.8. The van der Waals surface area contributed by atoms with Crippen molar-refractivity contribution < 1.29 is 9.53 Å². The number of esters is 1. The van der Waals surface area contributed by atoms with Crippen LogP contribution in [0.15, 0.2) is 48.7 Å². The lowest BCUT2D eigenvalue weighted by Crippen LogP contribution is -2.08. The summed E-state index contributed by atoms with van der Waals surface area (Å²) in [6.07, 6.45) is 3.47. The Labute approximate surface area is 131 Å². The molecule has 1 heterocycles. The first-order valence-corrected chi connectivity index (χ1v) is 7.19. The lowest BCUT2D eigenvalue weighted by molar-refractivity contribution is -0.136. The molecule has 4 heteroatoms. The van der Waals surface area contributed by atoms with Crippen molar-refractivity contribution in [2.45, 2.75) is 6.92 Å². The molecule has 1 aromatic carbocycles. The second-order valence-corrected chi connectivity index (χ2v) is 4.98. The predicted octanol–water partition coefficient (Wildman–Crippen LogP) is 3.25. The Morgan fingerprint density at radius 1 is 1.18 bits per heavy atom. The standard InChI is InChI=1S/C18H20N2O2/c1-4-22-18(21)16(17-7-5-6-12-19-17)13-14-8-10-15(11-9-14)20(2)3/h5-13H,4H2,1-3H3/b16-13+. The Morgan fingerprint density at radius 2 is 1.91 bits per heavy atom. The molecule has 0 spiro atoms. The Morgan fingerprint density at radius 3 is 2.45 bits per heavy atom. The SMILES string of the molecule is CCOC(=O)/C(=C/c1ccc(N(C)C)cc1)c1ccccn1. The number of anilines is 1. The summed E-state index contributed by atoms with van der Waals surface area (Å²) in [7, 11) is 3.98. The fourth-order valence-electron chi connectivity index (χ4n) is 2.00. The molecule has 22 heavy (non-hydrogen) atoms. The maximum Gasteiger partial charge on any atom is 0.340 e. The first-order chi connectivity index (χ1) is 10.6. The van der Waals surface area contributed by atoms with Crippen LogP contribution in [0.1, 0.15) is 18.2 Å². The zero-order chi connectivity index (χ0) is 15.9. The van der Waals surface area contributed by atoms with Crippen molar-refractivity contribution in [2.24, 2.45) is 0 Å². The van der Waals surface area contributed by atoms with Crippen molar-refractivity contribution in [1.29, 1.82) is 0 Å². The van der Waals surface area contributed by atoms with E-state index in [0.717, 1.165) is 11.3 Å². The van der Waals surface area contributed by atoms with Crippen LogP contribution < -0.4 is 4.90 Å². The highest BCUT2D eigenvalue weighted by atomic mass is 16.5. The molecule has 0 N–H and O–H groups in total. The highest BCUT2D eigenvalue weighted by Gasteiger charge is 2.14. The maximum absolute atomic E-state index is 12.2. The lowest BCUT2D eigenvalue weighted by Gasteiger charge is -2.12. The number of rotatable bonds is 5. The second kappa shape index (κ2) is 7.41. The van der Waals surface area contributed by atoms with Crippen LogP contribution in [0.4, 0.5) is 5.69 Å². The molecule has 0 aliphatic carbocycles. The number of hydrogen-bond donors (Lipinski definition) is 0. The summed E-state index contributed by atoms with van der Waals surface area (Å²) in [5.74, 6) is -0.363. The molecule has 0 radical (unpaired) electrons. The van der Waals surface area contributed by atoms with Gasteiger partial charge in [-0.25, -0.2) is 4.79 Å². The average Bonchev–Trinajstić information content (AvgIpc) is 2.54. The van der Waals surface area contributed by atoms with E-state index >= 15 is 0 Å². The Kier molecular flexibility index (Phi) is 5.31. The molecule has 1 aromatic heterocycles. The van der Waals surface area contributed by atoms with Crippen LogP contribution in [0, 0.1) is 0 Å². The lowest BCUT2D eigenvalue weighted by atomic mass is 10.1. The van der Waals surface area contributed by atoms with Crippen molar-refractivity contribution in [3.05, 3.63) is 59.9 Å². The maximum atomic E-state index is 12.2. The smallest absolute Gasteiger partial charge is 0.340 e. The van der Waals surface area contributed by atoms with Gasteiger partial charge in [-0.05, 0) is 42.8 Å². The third-order valence-electron chi connectivity index (χ3n) is 3.16. The topological polar surface area (TPSA) is 42.4 Å². The van der Waals surface area contributed by atoms with Crippen LogP contribution in [-0.4, -0.2) is 31.7 Å². The van der Waals surface area contributed by atoms with E-state index in [1.54, 1.807) is 25.3 Å². The third kappa shape index (κ3) is 3.95. The van der Waals surface area contributed by atoms with Gasteiger partial charge in [0.15, 0.2) is 0 Å². The summed E-state index contributed by atoms with van der Waals surface area (Å²) in [5, 5.41) is 0. The number of nitrogens with zero attached hydrogens (tertiary/aromatic N) is 2. The molecule has 2 aromatic rings. The van der Waals surface area contributed by atoms with Gasteiger partial charge >= 0.3 is 5.97 Å². The van der Waals surface area contributed by atoms with Gasteiger partial charge in [0.25, 0.3) is 0 Å². The zero-order valence-electron chi connectivity index (χ0n) is 13.1. The molecular formula is C18H20N2O2. The summed E-state index contributed by atoms with van der Waals surface area (Å²) in [5.41, 5.74) is 3.10. The van der Waals surface area contributed by atoms with Crippen molar-refractivity contribution in [1.82, 2.24) is 4.98 Å². The van der Waals surface area contributed by atoms with E-state index in [9.17, 15) is 4.79 Å². The van der Waals surface area contributed by atoms with E-state index in [1.165, 1.54) is 0 Å². The largest absolute Gasteiger partial charge is 0.462 e. The van der Waals surface area contributed by atoms with Gasteiger partial charge < -0.3 is 9.64 Å². The minimum Gasteiger partial charge on any atom is -0.462 e. The normalized spacial score (nSPS) is 11.1. The monoisotopic (exact) mass is 296 g/mol. The fraction of sp³-hybridized carbons (Fsp3) is 0.222. The zero-order valence-corrected chi connectivity index (χ0v) is 13.1. The van der Waals surface area contributed by atoms with Crippen molar-refractivity contribution >= 4 is 23.3 Å². The summed E-state index contributed by atoms with van der Waals surface area (Å²) in [4.78, 5) is 18.5. The van der Waals surface area contributed by atoms with Crippen molar-refractivity contribution in [2.75, 3.05) is 25.6 Å². The summed E-state index contributed by atoms with van der Waals surface area (Å²) < 4.78 is 5.14. The van der Waals surface area contributed by atoms with E-state index in [1.807, 2.05) is 55.4 Å². The van der Waals surface area contributed by atoms with Gasteiger partial charge in [-0.1, -0.05) is 18.2 Å². The van der Waals surface area contributed by atoms with Gasteiger partial charge in [0, 0.05) is 26.0 Å². The Balaban J connectivity index is 2.37. The number of ether oxygens (including phenoxy) is 1. The van der Waals surface area contributed by atoms with Gasteiger partial charge in [-0.15, -0.1) is 0 Å². The molecule has 0 saturated carbocycles. The minimum absolute atomic E-state index is 0.336. The van der Waals surface area contributed by atoms with Gasteiger partial charge in [0.2, 0.25) is 0 Å². The highest BCUT2D eigenvalue weighted by Crippen LogP contribution is 2.20. The van der Waals surface area contributed by atoms with Crippen LogP contribution in [0.2, 0.25) is 0 Å². The molecule has 4 nitrogen and oxygen atoms in total. The number of carbonyl (C=O) groups excluding carboxylic acids is 1. The molecule has 114 valence electrons. The van der Waals surface area contributed by atoms with Crippen molar-refractivity contribution in [3.8, 4) is 0 Å². The highest BCUT2D eigenvalue weighted by molar-refractivity contribution is 6.21. The number of pyridine rings is 1. The van der Waals surface area contributed by atoms with Crippen LogP contribution in [-0.2, 0) is 9.53 Å². The van der Waals surface area contributed by atoms with Gasteiger partial charge in [-0.3, -0.25) is 4.98 Å². The van der Waals surface area contributed by atoms with E-state index in [4.69, 9.17) is 4.74 Å². The van der Waals surface area contributed by atoms with E-state index in [2.05, 4.69) is 4.98 Å². The number of aromatic nitrogens is 1. The molecule has 0 fully saturated rings. The van der Waals surface area contributed by atoms with Gasteiger partial charge in [0.05, 0.1) is 17.9 Å².